The molecule has 4 unspecified atom stereocenters. The number of rotatable bonds is 4. The quantitative estimate of drug-likeness (QED) is 0.577. The Morgan fingerprint density at radius 1 is 1.60 bits per heavy atom. The number of fused-ring (bicyclic) bond motifs is 1. The molecule has 0 saturated heterocycles. The minimum atomic E-state index is 0.244. The lowest BCUT2D eigenvalue weighted by molar-refractivity contribution is 0.453. The van der Waals surface area contributed by atoms with Crippen LogP contribution in [0.3, 0.4) is 0 Å². The van der Waals surface area contributed by atoms with Gasteiger partial charge in [-0.1, -0.05) is 20.3 Å². The number of aliphatic hydroxyl groups excluding tert-OH is 1. The molecule has 0 aliphatic heterocycles. The highest BCUT2D eigenvalue weighted by atomic mass is 32.2. The average Bonchev–Trinajstić information content (AvgIpc) is 2.74. The van der Waals surface area contributed by atoms with Gasteiger partial charge in [-0.15, -0.1) is 0 Å². The van der Waals surface area contributed by atoms with Crippen molar-refractivity contribution in [3.8, 4) is 0 Å². The van der Waals surface area contributed by atoms with E-state index in [4.69, 9.17) is 0 Å². The van der Waals surface area contributed by atoms with E-state index >= 15 is 0 Å². The van der Waals surface area contributed by atoms with Crippen LogP contribution in [-0.2, 0) is 0 Å². The predicted molar refractivity (Wildman–Crippen MR) is 67.2 cm³/mol. The number of hydrogen-bond donors (Lipinski definition) is 1. The highest BCUT2D eigenvalue weighted by Crippen LogP contribution is 2.68. The molecule has 0 bridgehead atoms. The fourth-order valence-electron chi connectivity index (χ4n) is 3.24. The molecular weight excluding hydrogens is 204 g/mol. The van der Waals surface area contributed by atoms with Gasteiger partial charge in [-0.2, -0.15) is 11.8 Å². The zero-order valence-corrected chi connectivity index (χ0v) is 10.8. The van der Waals surface area contributed by atoms with Crippen molar-refractivity contribution >= 4 is 11.8 Å². The first-order chi connectivity index (χ1) is 7.15. The molecule has 2 aliphatic rings. The average molecular weight is 226 g/mol. The molecule has 2 aliphatic carbocycles. The van der Waals surface area contributed by atoms with Crippen molar-refractivity contribution in [2.24, 2.45) is 17.8 Å². The van der Waals surface area contributed by atoms with E-state index in [1.807, 2.05) is 0 Å². The van der Waals surface area contributed by atoms with Gasteiger partial charge in [0.15, 0.2) is 0 Å². The molecule has 15 heavy (non-hydrogen) atoms. The van der Waals surface area contributed by atoms with Crippen molar-refractivity contribution in [2.75, 3.05) is 5.75 Å². The summed E-state index contributed by atoms with van der Waals surface area (Å²) in [7, 11) is 0. The van der Waals surface area contributed by atoms with Crippen molar-refractivity contribution in [2.45, 2.75) is 44.8 Å². The van der Waals surface area contributed by atoms with Crippen molar-refractivity contribution in [1.29, 1.82) is 0 Å². The van der Waals surface area contributed by atoms with Gasteiger partial charge in [0.05, 0.1) is 6.26 Å². The van der Waals surface area contributed by atoms with Crippen molar-refractivity contribution in [1.82, 2.24) is 0 Å². The molecule has 1 nitrogen and oxygen atoms in total. The SMILES string of the molecule is CCCCSC1(C)/C(=C/O)CC2C(C)C21. The van der Waals surface area contributed by atoms with E-state index in [9.17, 15) is 5.11 Å². The molecule has 4 atom stereocenters. The number of thioether (sulfide) groups is 1. The maximum absolute atomic E-state index is 9.31. The summed E-state index contributed by atoms with van der Waals surface area (Å²) in [6, 6.07) is 0. The van der Waals surface area contributed by atoms with Crippen LogP contribution >= 0.6 is 11.8 Å². The van der Waals surface area contributed by atoms with Gasteiger partial charge >= 0.3 is 0 Å². The zero-order valence-electron chi connectivity index (χ0n) is 9.99. The van der Waals surface area contributed by atoms with Crippen molar-refractivity contribution < 1.29 is 5.11 Å². The van der Waals surface area contributed by atoms with E-state index in [0.717, 1.165) is 24.2 Å². The lowest BCUT2D eigenvalue weighted by Gasteiger charge is -2.28. The maximum atomic E-state index is 9.31. The van der Waals surface area contributed by atoms with E-state index < -0.39 is 0 Å². The summed E-state index contributed by atoms with van der Waals surface area (Å²) in [5.74, 6) is 3.81. The minimum Gasteiger partial charge on any atom is -0.516 e. The molecule has 0 spiro atoms. The molecule has 0 amide bonds. The number of aliphatic hydroxyl groups is 1. The molecule has 0 aromatic heterocycles. The molecule has 0 radical (unpaired) electrons. The van der Waals surface area contributed by atoms with Gasteiger partial charge in [-0.05, 0) is 48.8 Å². The van der Waals surface area contributed by atoms with Crippen LogP contribution in [0.1, 0.15) is 40.0 Å². The third-order valence-electron chi connectivity index (χ3n) is 4.35. The van der Waals surface area contributed by atoms with E-state index in [-0.39, 0.29) is 4.75 Å². The first-order valence-corrected chi connectivity index (χ1v) is 7.11. The fourth-order valence-corrected chi connectivity index (χ4v) is 5.00. The number of hydrogen-bond acceptors (Lipinski definition) is 2. The number of unbranched alkanes of at least 4 members (excludes halogenated alkanes) is 1. The Bertz CT molecular complexity index is 274. The van der Waals surface area contributed by atoms with E-state index in [0.29, 0.717) is 0 Å². The monoisotopic (exact) mass is 226 g/mol. The Kier molecular flexibility index (Phi) is 3.07. The first-order valence-electron chi connectivity index (χ1n) is 6.12. The van der Waals surface area contributed by atoms with Crippen LogP contribution in [0.15, 0.2) is 11.8 Å². The van der Waals surface area contributed by atoms with Gasteiger partial charge < -0.3 is 5.11 Å². The Balaban J connectivity index is 2.02. The Labute approximate surface area is 97.3 Å². The van der Waals surface area contributed by atoms with E-state index in [2.05, 4.69) is 32.5 Å². The third kappa shape index (κ3) is 1.71. The van der Waals surface area contributed by atoms with Crippen molar-refractivity contribution in [3.63, 3.8) is 0 Å². The molecule has 86 valence electrons. The second-order valence-electron chi connectivity index (χ2n) is 5.22. The van der Waals surface area contributed by atoms with E-state index in [1.165, 1.54) is 30.4 Å². The predicted octanol–water partition coefficient (Wildman–Crippen LogP) is 4.01. The maximum Gasteiger partial charge on any atom is 0.0797 e. The summed E-state index contributed by atoms with van der Waals surface area (Å²) in [5.41, 5.74) is 1.29. The second-order valence-corrected chi connectivity index (χ2v) is 6.76. The Hall–Kier alpha value is -0.110. The highest BCUT2D eigenvalue weighted by Gasteiger charge is 2.63. The van der Waals surface area contributed by atoms with Gasteiger partial charge in [0.25, 0.3) is 0 Å². The highest BCUT2D eigenvalue weighted by molar-refractivity contribution is 8.00. The molecule has 1 N–H and O–H groups in total. The van der Waals surface area contributed by atoms with E-state index in [1.54, 1.807) is 0 Å². The fraction of sp³-hybridized carbons (Fsp3) is 0.846. The second kappa shape index (κ2) is 4.04. The summed E-state index contributed by atoms with van der Waals surface area (Å²) in [6.07, 6.45) is 5.09. The summed E-state index contributed by atoms with van der Waals surface area (Å²) in [5, 5.41) is 9.31. The molecule has 2 saturated carbocycles. The van der Waals surface area contributed by atoms with Crippen LogP contribution in [0.4, 0.5) is 0 Å². The molecule has 2 heteroatoms. The molecule has 2 rings (SSSR count). The van der Waals surface area contributed by atoms with Crippen LogP contribution in [0, 0.1) is 17.8 Å². The van der Waals surface area contributed by atoms with Crippen molar-refractivity contribution in [3.05, 3.63) is 11.8 Å². The molecule has 0 aromatic carbocycles. The largest absolute Gasteiger partial charge is 0.516 e. The van der Waals surface area contributed by atoms with Gasteiger partial charge in [-0.25, -0.2) is 0 Å². The van der Waals surface area contributed by atoms with Crippen LogP contribution < -0.4 is 0 Å². The zero-order chi connectivity index (χ0) is 11.1. The molecular formula is C13H22OS. The summed E-state index contributed by atoms with van der Waals surface area (Å²) in [4.78, 5) is 0. The first kappa shape index (κ1) is 11.4. The minimum absolute atomic E-state index is 0.244. The molecule has 2 fully saturated rings. The smallest absolute Gasteiger partial charge is 0.0797 e. The van der Waals surface area contributed by atoms with Crippen LogP contribution in [0.5, 0.6) is 0 Å². The Morgan fingerprint density at radius 3 is 2.93 bits per heavy atom. The van der Waals surface area contributed by atoms with Crippen LogP contribution in [-0.4, -0.2) is 15.6 Å². The Morgan fingerprint density at radius 2 is 2.33 bits per heavy atom. The van der Waals surface area contributed by atoms with Gasteiger partial charge in [0, 0.05) is 4.75 Å². The molecule has 0 heterocycles. The van der Waals surface area contributed by atoms with Gasteiger partial charge in [0.1, 0.15) is 0 Å². The summed E-state index contributed by atoms with van der Waals surface area (Å²) < 4.78 is 0.244. The lowest BCUT2D eigenvalue weighted by atomic mass is 9.97. The van der Waals surface area contributed by atoms with Gasteiger partial charge in [-0.3, -0.25) is 0 Å². The standard InChI is InChI=1S/C13H22OS/c1-4-5-6-15-13(3)10(8-14)7-11-9(2)12(11)13/h8-9,11-12,14H,4-7H2,1-3H3/b10-8+. The normalized spacial score (nSPS) is 45.8. The summed E-state index contributed by atoms with van der Waals surface area (Å²) in [6.45, 7) is 6.94. The lowest BCUT2D eigenvalue weighted by Crippen LogP contribution is -2.24. The molecule has 0 aromatic rings. The van der Waals surface area contributed by atoms with Gasteiger partial charge in [0.2, 0.25) is 0 Å². The topological polar surface area (TPSA) is 20.2 Å². The van der Waals surface area contributed by atoms with Crippen LogP contribution in [0.2, 0.25) is 0 Å². The summed E-state index contributed by atoms with van der Waals surface area (Å²) >= 11 is 2.07. The third-order valence-corrected chi connectivity index (χ3v) is 5.97. The van der Waals surface area contributed by atoms with Crippen LogP contribution in [0.25, 0.3) is 0 Å².